The standard InChI is InChI=1S/C18H36N2/c1-7-9-10-12-18(20-16(5)6)14-11-13-17(8-2)19-15(3)4/h17-18H,7-14H2,1-6H3. The van der Waals surface area contributed by atoms with E-state index in [9.17, 15) is 0 Å². The number of rotatable bonds is 11. The third-order valence-electron chi connectivity index (χ3n) is 3.57. The molecular formula is C18H36N2. The largest absolute Gasteiger partial charge is 0.291 e. The van der Waals surface area contributed by atoms with E-state index in [4.69, 9.17) is 9.98 Å². The normalized spacial score (nSPS) is 13.7. The minimum atomic E-state index is 0.517. The van der Waals surface area contributed by atoms with Gasteiger partial charge in [0.15, 0.2) is 0 Å². The van der Waals surface area contributed by atoms with Gasteiger partial charge < -0.3 is 0 Å². The Morgan fingerprint density at radius 3 is 1.70 bits per heavy atom. The first-order valence-electron chi connectivity index (χ1n) is 8.51. The quantitative estimate of drug-likeness (QED) is 0.335. The number of hydrogen-bond donors (Lipinski definition) is 0. The first-order chi connectivity index (χ1) is 9.49. The molecule has 0 N–H and O–H groups in total. The summed E-state index contributed by atoms with van der Waals surface area (Å²) < 4.78 is 0. The Kier molecular flexibility index (Phi) is 11.7. The molecule has 2 unspecified atom stereocenters. The van der Waals surface area contributed by atoms with Gasteiger partial charge in [-0.15, -0.1) is 0 Å². The van der Waals surface area contributed by atoms with Crippen molar-refractivity contribution in [2.45, 2.75) is 105 Å². The average Bonchev–Trinajstić information content (AvgIpc) is 2.36. The van der Waals surface area contributed by atoms with E-state index < -0.39 is 0 Å². The molecule has 2 nitrogen and oxygen atoms in total. The molecule has 0 rings (SSSR count). The molecule has 0 amide bonds. The fraction of sp³-hybridized carbons (Fsp3) is 0.889. The summed E-state index contributed by atoms with van der Waals surface area (Å²) in [4.78, 5) is 9.52. The Balaban J connectivity index is 4.17. The second-order valence-corrected chi connectivity index (χ2v) is 6.30. The van der Waals surface area contributed by atoms with Crippen LogP contribution in [-0.4, -0.2) is 23.5 Å². The van der Waals surface area contributed by atoms with Crippen LogP contribution in [0.4, 0.5) is 0 Å². The highest BCUT2D eigenvalue weighted by atomic mass is 14.8. The van der Waals surface area contributed by atoms with Crippen LogP contribution in [0.3, 0.4) is 0 Å². The van der Waals surface area contributed by atoms with Crippen molar-refractivity contribution < 1.29 is 0 Å². The van der Waals surface area contributed by atoms with Gasteiger partial charge in [0.25, 0.3) is 0 Å². The van der Waals surface area contributed by atoms with Gasteiger partial charge in [0.2, 0.25) is 0 Å². The molecule has 20 heavy (non-hydrogen) atoms. The molecule has 0 aliphatic rings. The van der Waals surface area contributed by atoms with Crippen LogP contribution in [0.5, 0.6) is 0 Å². The van der Waals surface area contributed by atoms with Crippen LogP contribution in [0.2, 0.25) is 0 Å². The van der Waals surface area contributed by atoms with Gasteiger partial charge in [0, 0.05) is 23.5 Å². The third kappa shape index (κ3) is 11.2. The van der Waals surface area contributed by atoms with E-state index in [0.717, 1.165) is 6.42 Å². The molecule has 0 spiro atoms. The summed E-state index contributed by atoms with van der Waals surface area (Å²) >= 11 is 0. The zero-order valence-electron chi connectivity index (χ0n) is 14.7. The lowest BCUT2D eigenvalue weighted by atomic mass is 10.00. The van der Waals surface area contributed by atoms with Gasteiger partial charge in [-0.1, -0.05) is 33.1 Å². The predicted octanol–water partition coefficient (Wildman–Crippen LogP) is 5.85. The Morgan fingerprint density at radius 1 is 0.700 bits per heavy atom. The molecule has 0 aromatic rings. The van der Waals surface area contributed by atoms with Crippen molar-refractivity contribution in [1.82, 2.24) is 0 Å². The van der Waals surface area contributed by atoms with Gasteiger partial charge in [0.1, 0.15) is 0 Å². The molecule has 0 fully saturated rings. The minimum absolute atomic E-state index is 0.517. The molecule has 0 bridgehead atoms. The van der Waals surface area contributed by atoms with E-state index in [-0.39, 0.29) is 0 Å². The first kappa shape index (κ1) is 19.3. The highest BCUT2D eigenvalue weighted by Gasteiger charge is 2.09. The highest BCUT2D eigenvalue weighted by molar-refractivity contribution is 5.79. The molecule has 0 saturated heterocycles. The Labute approximate surface area is 127 Å². The molecule has 2 atom stereocenters. The van der Waals surface area contributed by atoms with E-state index in [1.165, 1.54) is 56.4 Å². The summed E-state index contributed by atoms with van der Waals surface area (Å²) in [6, 6.07) is 1.05. The minimum Gasteiger partial charge on any atom is -0.291 e. The van der Waals surface area contributed by atoms with Crippen molar-refractivity contribution in [2.75, 3.05) is 0 Å². The summed E-state index contributed by atoms with van der Waals surface area (Å²) in [6.45, 7) is 12.9. The number of unbranched alkanes of at least 4 members (excludes halogenated alkanes) is 2. The second-order valence-electron chi connectivity index (χ2n) is 6.30. The van der Waals surface area contributed by atoms with Gasteiger partial charge >= 0.3 is 0 Å². The molecule has 0 aliphatic heterocycles. The van der Waals surface area contributed by atoms with Crippen molar-refractivity contribution in [3.8, 4) is 0 Å². The van der Waals surface area contributed by atoms with Crippen molar-refractivity contribution >= 4 is 11.4 Å². The summed E-state index contributed by atoms with van der Waals surface area (Å²) in [5.74, 6) is 0. The Hall–Kier alpha value is -0.660. The maximum absolute atomic E-state index is 4.81. The van der Waals surface area contributed by atoms with E-state index >= 15 is 0 Å². The van der Waals surface area contributed by atoms with Gasteiger partial charge in [-0.25, -0.2) is 0 Å². The molecule has 0 radical (unpaired) electrons. The van der Waals surface area contributed by atoms with E-state index in [1.807, 2.05) is 0 Å². The van der Waals surface area contributed by atoms with Crippen LogP contribution in [0, 0.1) is 0 Å². The molecule has 0 aliphatic carbocycles. The first-order valence-corrected chi connectivity index (χ1v) is 8.51. The third-order valence-corrected chi connectivity index (χ3v) is 3.57. The predicted molar refractivity (Wildman–Crippen MR) is 93.4 cm³/mol. The summed E-state index contributed by atoms with van der Waals surface area (Å²) in [5.41, 5.74) is 2.43. The van der Waals surface area contributed by atoms with Crippen molar-refractivity contribution in [3.05, 3.63) is 0 Å². The van der Waals surface area contributed by atoms with Gasteiger partial charge in [-0.05, 0) is 59.8 Å². The number of hydrogen-bond acceptors (Lipinski definition) is 2. The number of nitrogens with zero attached hydrogens (tertiary/aromatic N) is 2. The van der Waals surface area contributed by atoms with Crippen LogP contribution in [0.15, 0.2) is 9.98 Å². The van der Waals surface area contributed by atoms with Crippen molar-refractivity contribution in [1.29, 1.82) is 0 Å². The van der Waals surface area contributed by atoms with Crippen LogP contribution >= 0.6 is 0 Å². The van der Waals surface area contributed by atoms with Crippen LogP contribution in [0.25, 0.3) is 0 Å². The Morgan fingerprint density at radius 2 is 1.20 bits per heavy atom. The van der Waals surface area contributed by atoms with E-state index in [2.05, 4.69) is 41.5 Å². The zero-order valence-corrected chi connectivity index (χ0v) is 14.7. The smallest absolute Gasteiger partial charge is 0.0498 e. The summed E-state index contributed by atoms with van der Waals surface area (Å²) in [7, 11) is 0. The average molecular weight is 280 g/mol. The van der Waals surface area contributed by atoms with Gasteiger partial charge in [-0.3, -0.25) is 9.98 Å². The van der Waals surface area contributed by atoms with Gasteiger partial charge in [0.05, 0.1) is 0 Å². The molecule has 0 aromatic carbocycles. The highest BCUT2D eigenvalue weighted by Crippen LogP contribution is 2.16. The molecular weight excluding hydrogens is 244 g/mol. The fourth-order valence-electron chi connectivity index (χ4n) is 2.58. The SMILES string of the molecule is CCCCCC(CCCC(CC)N=C(C)C)N=C(C)C. The van der Waals surface area contributed by atoms with E-state index in [1.54, 1.807) is 0 Å². The van der Waals surface area contributed by atoms with Crippen LogP contribution in [0.1, 0.15) is 92.9 Å². The van der Waals surface area contributed by atoms with Crippen LogP contribution in [-0.2, 0) is 0 Å². The lowest BCUT2D eigenvalue weighted by Crippen LogP contribution is -2.10. The topological polar surface area (TPSA) is 24.7 Å². The molecule has 0 aromatic heterocycles. The second kappa shape index (κ2) is 12.1. The lowest BCUT2D eigenvalue weighted by molar-refractivity contribution is 0.479. The van der Waals surface area contributed by atoms with E-state index in [0.29, 0.717) is 12.1 Å². The molecule has 0 saturated carbocycles. The van der Waals surface area contributed by atoms with Crippen molar-refractivity contribution in [3.63, 3.8) is 0 Å². The fourth-order valence-corrected chi connectivity index (χ4v) is 2.58. The monoisotopic (exact) mass is 280 g/mol. The molecule has 118 valence electrons. The maximum Gasteiger partial charge on any atom is 0.0498 e. The molecule has 2 heteroatoms. The van der Waals surface area contributed by atoms with Crippen LogP contribution < -0.4 is 0 Å². The maximum atomic E-state index is 4.81. The summed E-state index contributed by atoms with van der Waals surface area (Å²) in [5, 5.41) is 0. The number of aliphatic imine (C=N–C) groups is 2. The lowest BCUT2D eigenvalue weighted by Gasteiger charge is -2.15. The molecule has 0 heterocycles. The Bertz CT molecular complexity index is 284. The zero-order chi connectivity index (χ0) is 15.4. The summed E-state index contributed by atoms with van der Waals surface area (Å²) in [6.07, 6.45) is 10.1. The van der Waals surface area contributed by atoms with Crippen molar-refractivity contribution in [2.24, 2.45) is 9.98 Å². The van der Waals surface area contributed by atoms with Gasteiger partial charge in [-0.2, -0.15) is 0 Å².